The van der Waals surface area contributed by atoms with Crippen molar-refractivity contribution >= 4 is 0 Å². The van der Waals surface area contributed by atoms with Crippen LogP contribution in [0.25, 0.3) is 0 Å². The number of hydrogen-bond donors (Lipinski definition) is 3. The predicted octanol–water partition coefficient (Wildman–Crippen LogP) is -1.54. The van der Waals surface area contributed by atoms with Gasteiger partial charge < -0.3 is 24.8 Å². The lowest BCUT2D eigenvalue weighted by molar-refractivity contribution is -0.286. The Morgan fingerprint density at radius 1 is 1.08 bits per heavy atom. The molecule has 1 rings (SSSR count). The van der Waals surface area contributed by atoms with Crippen LogP contribution < -0.4 is 0 Å². The SMILES string of the molecule is COC1O[C@@H](C)[C@H](O)[C@@H](O)[C@@H]1O. The smallest absolute Gasteiger partial charge is 0.186 e. The second-order valence-electron chi connectivity index (χ2n) is 2.92. The van der Waals surface area contributed by atoms with Gasteiger partial charge in [-0.1, -0.05) is 0 Å². The van der Waals surface area contributed by atoms with Gasteiger partial charge in [-0.25, -0.2) is 0 Å². The maximum Gasteiger partial charge on any atom is 0.186 e. The Morgan fingerprint density at radius 2 is 1.67 bits per heavy atom. The number of rotatable bonds is 1. The predicted molar refractivity (Wildman–Crippen MR) is 39.4 cm³/mol. The van der Waals surface area contributed by atoms with Crippen LogP contribution in [0, 0.1) is 0 Å². The van der Waals surface area contributed by atoms with E-state index in [2.05, 4.69) is 0 Å². The van der Waals surface area contributed by atoms with Gasteiger partial charge in [0.15, 0.2) is 6.29 Å². The zero-order valence-corrected chi connectivity index (χ0v) is 7.04. The monoisotopic (exact) mass is 178 g/mol. The summed E-state index contributed by atoms with van der Waals surface area (Å²) in [6.45, 7) is 1.60. The highest BCUT2D eigenvalue weighted by Gasteiger charge is 2.41. The van der Waals surface area contributed by atoms with Crippen molar-refractivity contribution in [1.29, 1.82) is 0 Å². The second-order valence-corrected chi connectivity index (χ2v) is 2.92. The van der Waals surface area contributed by atoms with Crippen LogP contribution in [-0.2, 0) is 9.47 Å². The van der Waals surface area contributed by atoms with E-state index in [0.29, 0.717) is 0 Å². The molecule has 72 valence electrons. The standard InChI is InChI=1S/C7H14O5/c1-3-4(8)5(9)6(10)7(11-2)12-3/h3-10H,1-2H3/t3-,4-,5+,6-,7?/m0/s1. The van der Waals surface area contributed by atoms with Gasteiger partial charge in [0.05, 0.1) is 6.10 Å². The van der Waals surface area contributed by atoms with E-state index in [9.17, 15) is 15.3 Å². The molecule has 0 aromatic rings. The molecule has 0 aromatic carbocycles. The van der Waals surface area contributed by atoms with Crippen LogP contribution in [0.4, 0.5) is 0 Å². The van der Waals surface area contributed by atoms with Crippen LogP contribution in [0.1, 0.15) is 6.92 Å². The minimum Gasteiger partial charge on any atom is -0.388 e. The van der Waals surface area contributed by atoms with Crippen LogP contribution >= 0.6 is 0 Å². The average Bonchev–Trinajstić information content (AvgIpc) is 2.08. The van der Waals surface area contributed by atoms with Gasteiger partial charge >= 0.3 is 0 Å². The third kappa shape index (κ3) is 1.60. The summed E-state index contributed by atoms with van der Waals surface area (Å²) in [5, 5.41) is 27.8. The van der Waals surface area contributed by atoms with Gasteiger partial charge in [0.25, 0.3) is 0 Å². The first-order valence-electron chi connectivity index (χ1n) is 3.80. The average molecular weight is 178 g/mol. The van der Waals surface area contributed by atoms with E-state index in [0.717, 1.165) is 0 Å². The Morgan fingerprint density at radius 3 is 2.17 bits per heavy atom. The molecule has 0 aromatic heterocycles. The molecular weight excluding hydrogens is 164 g/mol. The van der Waals surface area contributed by atoms with Crippen molar-refractivity contribution in [1.82, 2.24) is 0 Å². The quantitative estimate of drug-likeness (QED) is 0.453. The van der Waals surface area contributed by atoms with Crippen molar-refractivity contribution in [2.24, 2.45) is 0 Å². The Kier molecular flexibility index (Phi) is 3.03. The molecule has 12 heavy (non-hydrogen) atoms. The van der Waals surface area contributed by atoms with Crippen molar-refractivity contribution in [3.8, 4) is 0 Å². The van der Waals surface area contributed by atoms with Gasteiger partial charge in [-0.15, -0.1) is 0 Å². The first-order valence-corrected chi connectivity index (χ1v) is 3.80. The summed E-state index contributed by atoms with van der Waals surface area (Å²) >= 11 is 0. The second kappa shape index (κ2) is 3.68. The topological polar surface area (TPSA) is 79.2 Å². The molecule has 0 bridgehead atoms. The maximum absolute atomic E-state index is 9.27. The fraction of sp³-hybridized carbons (Fsp3) is 1.00. The minimum absolute atomic E-state index is 0.534. The van der Waals surface area contributed by atoms with Gasteiger partial charge in [0, 0.05) is 7.11 Å². The summed E-state index contributed by atoms with van der Waals surface area (Å²) in [5.74, 6) is 0. The molecule has 1 saturated heterocycles. The molecule has 3 N–H and O–H groups in total. The molecule has 1 aliphatic rings. The molecule has 5 atom stereocenters. The van der Waals surface area contributed by atoms with E-state index >= 15 is 0 Å². The molecular formula is C7H14O5. The summed E-state index contributed by atoms with van der Waals surface area (Å²) in [7, 11) is 1.37. The molecule has 1 unspecified atom stereocenters. The van der Waals surface area contributed by atoms with Gasteiger partial charge in [-0.3, -0.25) is 0 Å². The highest BCUT2D eigenvalue weighted by molar-refractivity contribution is 4.86. The Bertz CT molecular complexity index is 146. The third-order valence-electron chi connectivity index (χ3n) is 2.04. The van der Waals surface area contributed by atoms with E-state index in [1.165, 1.54) is 7.11 Å². The molecule has 5 nitrogen and oxygen atoms in total. The normalized spacial score (nSPS) is 49.2. The molecule has 0 amide bonds. The lowest BCUT2D eigenvalue weighted by Crippen LogP contribution is -2.57. The lowest BCUT2D eigenvalue weighted by atomic mass is 10.0. The van der Waals surface area contributed by atoms with Gasteiger partial charge in [0.1, 0.15) is 18.3 Å². The minimum atomic E-state index is -1.21. The van der Waals surface area contributed by atoms with E-state index < -0.39 is 30.7 Å². The molecule has 0 aliphatic carbocycles. The van der Waals surface area contributed by atoms with E-state index in [1.807, 2.05) is 0 Å². The summed E-state index contributed by atoms with van der Waals surface area (Å²) in [6, 6.07) is 0. The lowest BCUT2D eigenvalue weighted by Gasteiger charge is -2.38. The largest absolute Gasteiger partial charge is 0.388 e. The Labute approximate surface area is 70.5 Å². The van der Waals surface area contributed by atoms with Crippen LogP contribution in [0.2, 0.25) is 0 Å². The molecule has 0 radical (unpaired) electrons. The molecule has 1 fully saturated rings. The van der Waals surface area contributed by atoms with E-state index in [4.69, 9.17) is 9.47 Å². The van der Waals surface area contributed by atoms with E-state index in [-0.39, 0.29) is 0 Å². The van der Waals surface area contributed by atoms with Crippen LogP contribution in [0.3, 0.4) is 0 Å². The highest BCUT2D eigenvalue weighted by Crippen LogP contribution is 2.20. The molecule has 1 aliphatic heterocycles. The number of ether oxygens (including phenoxy) is 2. The van der Waals surface area contributed by atoms with Crippen molar-refractivity contribution in [2.45, 2.75) is 37.6 Å². The van der Waals surface area contributed by atoms with Gasteiger partial charge in [-0.2, -0.15) is 0 Å². The summed E-state index contributed by atoms with van der Waals surface area (Å²) in [4.78, 5) is 0. The Hall–Kier alpha value is -0.200. The van der Waals surface area contributed by atoms with Crippen molar-refractivity contribution in [3.05, 3.63) is 0 Å². The fourth-order valence-electron chi connectivity index (χ4n) is 1.21. The molecule has 5 heteroatoms. The molecule has 0 spiro atoms. The third-order valence-corrected chi connectivity index (χ3v) is 2.04. The molecule has 0 saturated carbocycles. The maximum atomic E-state index is 9.27. The van der Waals surface area contributed by atoms with Gasteiger partial charge in [0.2, 0.25) is 0 Å². The van der Waals surface area contributed by atoms with Crippen LogP contribution in [0.15, 0.2) is 0 Å². The van der Waals surface area contributed by atoms with Crippen molar-refractivity contribution in [3.63, 3.8) is 0 Å². The number of aliphatic hydroxyl groups is 3. The number of hydrogen-bond acceptors (Lipinski definition) is 5. The van der Waals surface area contributed by atoms with Crippen molar-refractivity contribution in [2.75, 3.05) is 7.11 Å². The zero-order valence-electron chi connectivity index (χ0n) is 7.04. The highest BCUT2D eigenvalue weighted by atomic mass is 16.7. The summed E-state index contributed by atoms with van der Waals surface area (Å²) in [6.07, 6.45) is -4.86. The van der Waals surface area contributed by atoms with Gasteiger partial charge in [-0.05, 0) is 6.92 Å². The zero-order chi connectivity index (χ0) is 9.30. The molecule has 1 heterocycles. The Balaban J connectivity index is 2.63. The van der Waals surface area contributed by atoms with Crippen LogP contribution in [0.5, 0.6) is 0 Å². The van der Waals surface area contributed by atoms with E-state index in [1.54, 1.807) is 6.92 Å². The van der Waals surface area contributed by atoms with Crippen LogP contribution in [-0.4, -0.2) is 53.1 Å². The fourth-order valence-corrected chi connectivity index (χ4v) is 1.21. The summed E-state index contributed by atoms with van der Waals surface area (Å²) in [5.41, 5.74) is 0. The first kappa shape index (κ1) is 9.88. The first-order chi connectivity index (χ1) is 5.57. The van der Waals surface area contributed by atoms with Crippen molar-refractivity contribution < 1.29 is 24.8 Å². The number of aliphatic hydroxyl groups excluding tert-OH is 3. The summed E-state index contributed by atoms with van der Waals surface area (Å²) < 4.78 is 9.80. The number of methoxy groups -OCH3 is 1.